The van der Waals surface area contributed by atoms with Crippen molar-refractivity contribution in [2.24, 2.45) is 0 Å². The second-order valence-electron chi connectivity index (χ2n) is 2.90. The van der Waals surface area contributed by atoms with Crippen LogP contribution < -0.4 is 0 Å². The molecule has 88 valence electrons. The maximum atomic E-state index is 12.0. The van der Waals surface area contributed by atoms with Crippen molar-refractivity contribution in [3.63, 3.8) is 0 Å². The van der Waals surface area contributed by atoms with E-state index in [4.69, 9.17) is 34.8 Å². The zero-order valence-corrected chi connectivity index (χ0v) is 9.75. The van der Waals surface area contributed by atoms with Gasteiger partial charge in [-0.1, -0.05) is 59.1 Å². The van der Waals surface area contributed by atoms with Crippen LogP contribution in [-0.4, -0.2) is 12.0 Å². The van der Waals surface area contributed by atoms with E-state index in [2.05, 4.69) is 0 Å². The van der Waals surface area contributed by atoms with Crippen molar-refractivity contribution < 1.29 is 18.0 Å². The summed E-state index contributed by atoms with van der Waals surface area (Å²) in [5.41, 5.74) is -0.304. The summed E-state index contributed by atoms with van der Waals surface area (Å²) >= 11 is 16.5. The molecule has 0 N–H and O–H groups in total. The number of hydrogen-bond acceptors (Lipinski definition) is 1. The first-order chi connectivity index (χ1) is 7.12. The first-order valence-electron chi connectivity index (χ1n) is 3.91. The maximum absolute atomic E-state index is 12.0. The lowest BCUT2D eigenvalue weighted by Gasteiger charge is -2.11. The molecule has 0 saturated carbocycles. The first kappa shape index (κ1) is 13.6. The molecule has 1 aromatic carbocycles. The summed E-state index contributed by atoms with van der Waals surface area (Å²) < 4.78 is 34.4. The van der Waals surface area contributed by atoms with Gasteiger partial charge >= 0.3 is 6.18 Å². The predicted octanol–water partition coefficient (Wildman–Crippen LogP) is 4.26. The van der Waals surface area contributed by atoms with Crippen molar-refractivity contribution >= 4 is 40.6 Å². The molecule has 0 aliphatic heterocycles. The van der Waals surface area contributed by atoms with Gasteiger partial charge in [0.1, 0.15) is 0 Å². The number of ketones is 1. The van der Waals surface area contributed by atoms with Crippen LogP contribution in [0.5, 0.6) is 0 Å². The Bertz CT molecular complexity index is 392. The lowest BCUT2D eigenvalue weighted by atomic mass is 10.1. The van der Waals surface area contributed by atoms with Gasteiger partial charge < -0.3 is 0 Å². The highest BCUT2D eigenvalue weighted by atomic mass is 35.6. The number of Topliss-reactive ketones (excluding diaryl/α,β-unsaturated/α-hetero) is 1. The molecule has 0 aliphatic rings. The lowest BCUT2D eigenvalue weighted by molar-refractivity contribution is -0.0885. The molecule has 0 fully saturated rings. The summed E-state index contributed by atoms with van der Waals surface area (Å²) in [6.45, 7) is 0. The molecule has 0 saturated heterocycles. The number of alkyl halides is 6. The van der Waals surface area contributed by atoms with Crippen LogP contribution in [-0.2, 0) is 3.79 Å². The Morgan fingerprint density at radius 3 is 1.75 bits per heavy atom. The molecule has 0 aliphatic carbocycles. The molecule has 0 radical (unpaired) electrons. The minimum Gasteiger partial charge on any atom is -0.284 e. The van der Waals surface area contributed by atoms with Crippen molar-refractivity contribution in [2.45, 2.75) is 9.97 Å². The number of hydrogen-bond donors (Lipinski definition) is 0. The van der Waals surface area contributed by atoms with Crippen molar-refractivity contribution in [1.29, 1.82) is 0 Å². The van der Waals surface area contributed by atoms with E-state index >= 15 is 0 Å². The number of carbonyl (C=O) groups is 1. The average molecular weight is 291 g/mol. The van der Waals surface area contributed by atoms with Crippen molar-refractivity contribution in [3.05, 3.63) is 35.4 Å². The lowest BCUT2D eigenvalue weighted by Crippen LogP contribution is -2.22. The topological polar surface area (TPSA) is 17.1 Å². The fraction of sp³-hybridized carbons (Fsp3) is 0.222. The van der Waals surface area contributed by atoms with Crippen LogP contribution in [0.3, 0.4) is 0 Å². The smallest absolute Gasteiger partial charge is 0.284 e. The normalized spacial score (nSPS) is 12.6. The summed E-state index contributed by atoms with van der Waals surface area (Å²) in [4.78, 5) is 10.8. The van der Waals surface area contributed by atoms with E-state index < -0.39 is 21.3 Å². The Morgan fingerprint density at radius 2 is 1.44 bits per heavy atom. The van der Waals surface area contributed by atoms with Gasteiger partial charge in [0.25, 0.3) is 5.78 Å². The van der Waals surface area contributed by atoms with E-state index in [1.54, 1.807) is 0 Å². The van der Waals surface area contributed by atoms with E-state index in [1.807, 2.05) is 0 Å². The summed E-state index contributed by atoms with van der Waals surface area (Å²) in [6.07, 6.45) is -4.90. The molecule has 0 heterocycles. The molecule has 1 nitrogen and oxygen atoms in total. The Morgan fingerprint density at radius 1 is 1.00 bits per heavy atom. The Labute approximate surface area is 104 Å². The predicted molar refractivity (Wildman–Crippen MR) is 56.1 cm³/mol. The third-order valence-corrected chi connectivity index (χ3v) is 2.39. The molecule has 0 bridgehead atoms. The van der Waals surface area contributed by atoms with E-state index in [-0.39, 0.29) is 5.56 Å². The molecule has 0 spiro atoms. The minimum atomic E-state index is -4.90. The minimum absolute atomic E-state index is 0.191. The maximum Gasteiger partial charge on any atom is 0.454 e. The van der Waals surface area contributed by atoms with E-state index in [9.17, 15) is 18.0 Å². The van der Waals surface area contributed by atoms with Gasteiger partial charge in [-0.2, -0.15) is 13.2 Å². The fourth-order valence-corrected chi connectivity index (χ4v) is 1.35. The zero-order chi connectivity index (χ0) is 12.6. The Hall–Kier alpha value is -0.450. The molecule has 7 heteroatoms. The highest BCUT2D eigenvalue weighted by Crippen LogP contribution is 2.38. The highest BCUT2D eigenvalue weighted by molar-refractivity contribution is 6.66. The van der Waals surface area contributed by atoms with Crippen LogP contribution in [0.15, 0.2) is 24.3 Å². The van der Waals surface area contributed by atoms with Crippen LogP contribution in [0.25, 0.3) is 0 Å². The molecule has 0 aromatic heterocycles. The van der Waals surface area contributed by atoms with Gasteiger partial charge in [-0.25, -0.2) is 0 Å². The second-order valence-corrected chi connectivity index (χ2v) is 5.18. The number of benzene rings is 1. The van der Waals surface area contributed by atoms with Crippen LogP contribution in [0.2, 0.25) is 0 Å². The van der Waals surface area contributed by atoms with Crippen molar-refractivity contribution in [1.82, 2.24) is 0 Å². The summed E-state index contributed by atoms with van der Waals surface area (Å²) in [7, 11) is 0. The molecule has 16 heavy (non-hydrogen) atoms. The summed E-state index contributed by atoms with van der Waals surface area (Å²) in [5, 5.41) is 0. The molecule has 0 amide bonds. The summed E-state index contributed by atoms with van der Waals surface area (Å²) in [6, 6.07) is 4.25. The van der Waals surface area contributed by atoms with Crippen LogP contribution in [0, 0.1) is 0 Å². The number of halogens is 6. The largest absolute Gasteiger partial charge is 0.454 e. The van der Waals surface area contributed by atoms with Crippen LogP contribution in [0.4, 0.5) is 13.2 Å². The number of rotatable bonds is 1. The zero-order valence-electron chi connectivity index (χ0n) is 7.49. The molecule has 1 aromatic rings. The molecule has 0 atom stereocenters. The highest BCUT2D eigenvalue weighted by Gasteiger charge is 2.39. The van der Waals surface area contributed by atoms with Gasteiger partial charge in [-0.15, -0.1) is 0 Å². The van der Waals surface area contributed by atoms with E-state index in [1.165, 1.54) is 0 Å². The fourth-order valence-electron chi connectivity index (χ4n) is 0.974. The first-order valence-corrected chi connectivity index (χ1v) is 5.04. The van der Waals surface area contributed by atoms with Crippen molar-refractivity contribution in [2.75, 3.05) is 0 Å². The quantitative estimate of drug-likeness (QED) is 0.558. The third-order valence-electron chi connectivity index (χ3n) is 1.73. The Balaban J connectivity index is 3.01. The SMILES string of the molecule is O=C(c1ccc(C(Cl)(Cl)Cl)cc1)C(F)(F)F. The van der Waals surface area contributed by atoms with Gasteiger partial charge in [0, 0.05) is 11.1 Å². The van der Waals surface area contributed by atoms with Crippen LogP contribution in [0.1, 0.15) is 15.9 Å². The number of carbonyl (C=O) groups excluding carboxylic acids is 1. The van der Waals surface area contributed by atoms with E-state index in [0.29, 0.717) is 0 Å². The van der Waals surface area contributed by atoms with Crippen LogP contribution >= 0.6 is 34.8 Å². The summed E-state index contributed by atoms with van der Waals surface area (Å²) in [5.74, 6) is -1.93. The van der Waals surface area contributed by atoms with E-state index in [0.717, 1.165) is 24.3 Å². The van der Waals surface area contributed by atoms with Gasteiger partial charge in [0.2, 0.25) is 3.79 Å². The Kier molecular flexibility index (Phi) is 3.77. The monoisotopic (exact) mass is 290 g/mol. The third kappa shape index (κ3) is 3.27. The molecule has 1 rings (SSSR count). The molecule has 0 unspecified atom stereocenters. The van der Waals surface area contributed by atoms with Gasteiger partial charge in [0.05, 0.1) is 0 Å². The molecular weight excluding hydrogens is 287 g/mol. The standard InChI is InChI=1S/C9H4Cl3F3O/c10-8(11,12)6-3-1-5(2-4-6)7(16)9(13,14)15/h1-4H. The molecular formula is C9H4Cl3F3O. The van der Waals surface area contributed by atoms with Crippen molar-refractivity contribution in [3.8, 4) is 0 Å². The average Bonchev–Trinajstić information content (AvgIpc) is 2.14. The van der Waals surface area contributed by atoms with Gasteiger partial charge in [-0.3, -0.25) is 4.79 Å². The van der Waals surface area contributed by atoms with Gasteiger partial charge in [-0.05, 0) is 0 Å². The van der Waals surface area contributed by atoms with Gasteiger partial charge in [0.15, 0.2) is 0 Å². The second kappa shape index (κ2) is 4.43.